The Morgan fingerprint density at radius 3 is 0.926 bits per heavy atom. The molecule has 0 saturated heterocycles. The number of rotatable bonds is 0. The Morgan fingerprint density at radius 2 is 0.630 bits per heavy atom. The Bertz CT molecular complexity index is 1000. The summed E-state index contributed by atoms with van der Waals surface area (Å²) in [7, 11) is 0. The molecule has 0 radical (unpaired) electrons. The van der Waals surface area contributed by atoms with Gasteiger partial charge >= 0.3 is 0 Å². The van der Waals surface area contributed by atoms with E-state index in [9.17, 15) is 0 Å². The highest BCUT2D eigenvalue weighted by atomic mass is 16.5. The summed E-state index contributed by atoms with van der Waals surface area (Å²) < 4.78 is 12.6. The predicted octanol–water partition coefficient (Wildman–Crippen LogP) is 6.28. The van der Waals surface area contributed by atoms with Crippen LogP contribution >= 0.6 is 0 Å². The van der Waals surface area contributed by atoms with Crippen molar-refractivity contribution in [3.63, 3.8) is 0 Å². The first-order valence-corrected chi connectivity index (χ1v) is 9.13. The minimum Gasteiger partial charge on any atom is -0.457 e. The maximum Gasteiger partial charge on any atom is 0.132 e. The van der Waals surface area contributed by atoms with Crippen molar-refractivity contribution in [2.75, 3.05) is 0 Å². The van der Waals surface area contributed by atoms with E-state index in [0.29, 0.717) is 0 Å². The molecule has 0 aliphatic carbocycles. The van der Waals surface area contributed by atoms with Gasteiger partial charge in [-0.3, -0.25) is 0 Å². The molecule has 2 aliphatic heterocycles. The van der Waals surface area contributed by atoms with Crippen LogP contribution in [0.1, 0.15) is 22.3 Å². The Labute approximate surface area is 157 Å². The summed E-state index contributed by atoms with van der Waals surface area (Å²) in [5, 5.41) is 0. The molecule has 0 saturated carbocycles. The van der Waals surface area contributed by atoms with Crippen molar-refractivity contribution < 1.29 is 9.47 Å². The van der Waals surface area contributed by atoms with Crippen molar-refractivity contribution in [3.8, 4) is 23.0 Å². The van der Waals surface area contributed by atoms with E-state index in [0.717, 1.165) is 45.3 Å². The van der Waals surface area contributed by atoms with E-state index in [4.69, 9.17) is 9.47 Å². The van der Waals surface area contributed by atoms with Crippen LogP contribution in [0.3, 0.4) is 0 Å². The second kappa shape index (κ2) is 5.24. The molecule has 2 heterocycles. The Morgan fingerprint density at radius 1 is 0.370 bits per heavy atom. The standard InChI is InChI=1S/C25H16O2/c1-5-13-21-17(9-1)25(18-10-2-6-14-22(18)26-21)19-11-3-7-15-23(19)27-24-16-8-4-12-20(24)25/h1-16H. The van der Waals surface area contributed by atoms with Crippen molar-refractivity contribution in [3.05, 3.63) is 119 Å². The highest BCUT2D eigenvalue weighted by Gasteiger charge is 2.50. The molecule has 0 unspecified atom stereocenters. The molecule has 6 rings (SSSR count). The van der Waals surface area contributed by atoms with Gasteiger partial charge in [0.05, 0.1) is 5.41 Å². The lowest BCUT2D eigenvalue weighted by Crippen LogP contribution is -2.36. The molecule has 4 aromatic rings. The Hall–Kier alpha value is -3.52. The van der Waals surface area contributed by atoms with Crippen LogP contribution in [0, 0.1) is 0 Å². The van der Waals surface area contributed by atoms with Gasteiger partial charge < -0.3 is 9.47 Å². The molecule has 0 atom stereocenters. The third-order valence-electron chi connectivity index (χ3n) is 5.60. The lowest BCUT2D eigenvalue weighted by Gasteiger charge is -2.44. The summed E-state index contributed by atoms with van der Waals surface area (Å²) in [5.74, 6) is 3.57. The van der Waals surface area contributed by atoms with Crippen LogP contribution in [0.25, 0.3) is 0 Å². The number of hydrogen-bond donors (Lipinski definition) is 0. The van der Waals surface area contributed by atoms with Gasteiger partial charge in [0.2, 0.25) is 0 Å². The summed E-state index contributed by atoms with van der Waals surface area (Å²) in [6, 6.07) is 33.3. The average Bonchev–Trinajstić information content (AvgIpc) is 2.73. The minimum absolute atomic E-state index is 0.461. The van der Waals surface area contributed by atoms with E-state index in [1.165, 1.54) is 0 Å². The molecule has 0 fully saturated rings. The van der Waals surface area contributed by atoms with Crippen molar-refractivity contribution in [2.24, 2.45) is 0 Å². The van der Waals surface area contributed by atoms with Crippen LogP contribution < -0.4 is 9.47 Å². The van der Waals surface area contributed by atoms with Crippen LogP contribution in [0.2, 0.25) is 0 Å². The number of fused-ring (bicyclic) bond motifs is 8. The topological polar surface area (TPSA) is 18.5 Å². The molecule has 4 aromatic carbocycles. The maximum atomic E-state index is 6.29. The van der Waals surface area contributed by atoms with Gasteiger partial charge in [0.1, 0.15) is 23.0 Å². The zero-order chi connectivity index (χ0) is 17.8. The minimum atomic E-state index is -0.461. The van der Waals surface area contributed by atoms with Gasteiger partial charge in [0, 0.05) is 22.3 Å². The van der Waals surface area contributed by atoms with E-state index < -0.39 is 5.41 Å². The fourth-order valence-corrected chi connectivity index (χ4v) is 4.57. The van der Waals surface area contributed by atoms with E-state index in [-0.39, 0.29) is 0 Å². The zero-order valence-electron chi connectivity index (χ0n) is 14.6. The molecule has 2 heteroatoms. The van der Waals surface area contributed by atoms with Gasteiger partial charge in [-0.1, -0.05) is 72.8 Å². The predicted molar refractivity (Wildman–Crippen MR) is 105 cm³/mol. The summed E-state index contributed by atoms with van der Waals surface area (Å²) in [6.45, 7) is 0. The fraction of sp³-hybridized carbons (Fsp3) is 0.0400. The lowest BCUT2D eigenvalue weighted by atomic mass is 9.62. The first-order valence-electron chi connectivity index (χ1n) is 9.13. The molecular weight excluding hydrogens is 332 g/mol. The first-order chi connectivity index (χ1) is 13.4. The maximum absolute atomic E-state index is 6.29. The number of benzene rings is 4. The van der Waals surface area contributed by atoms with Crippen molar-refractivity contribution in [1.82, 2.24) is 0 Å². The second-order valence-corrected chi connectivity index (χ2v) is 6.94. The van der Waals surface area contributed by atoms with Gasteiger partial charge in [-0.25, -0.2) is 0 Å². The Kier molecular flexibility index (Phi) is 2.84. The molecule has 128 valence electrons. The Balaban J connectivity index is 1.85. The smallest absolute Gasteiger partial charge is 0.132 e. The monoisotopic (exact) mass is 348 g/mol. The number of hydrogen-bond acceptors (Lipinski definition) is 2. The fourth-order valence-electron chi connectivity index (χ4n) is 4.57. The largest absolute Gasteiger partial charge is 0.457 e. The average molecular weight is 348 g/mol. The highest BCUT2D eigenvalue weighted by molar-refractivity contribution is 5.74. The van der Waals surface area contributed by atoms with E-state index >= 15 is 0 Å². The molecule has 0 bridgehead atoms. The summed E-state index contributed by atoms with van der Waals surface area (Å²) in [6.07, 6.45) is 0. The zero-order valence-corrected chi connectivity index (χ0v) is 14.6. The molecule has 0 amide bonds. The molecular formula is C25H16O2. The summed E-state index contributed by atoms with van der Waals surface area (Å²) in [4.78, 5) is 0. The van der Waals surface area contributed by atoms with Crippen molar-refractivity contribution >= 4 is 0 Å². The second-order valence-electron chi connectivity index (χ2n) is 6.94. The van der Waals surface area contributed by atoms with Gasteiger partial charge in [-0.2, -0.15) is 0 Å². The van der Waals surface area contributed by atoms with Crippen LogP contribution in [0.4, 0.5) is 0 Å². The van der Waals surface area contributed by atoms with E-state index in [2.05, 4.69) is 48.5 Å². The van der Waals surface area contributed by atoms with Crippen LogP contribution in [-0.2, 0) is 5.41 Å². The normalized spacial score (nSPS) is 14.8. The van der Waals surface area contributed by atoms with E-state index in [1.807, 2.05) is 48.5 Å². The van der Waals surface area contributed by atoms with Crippen molar-refractivity contribution in [2.45, 2.75) is 5.41 Å². The highest BCUT2D eigenvalue weighted by Crippen LogP contribution is 2.60. The number of para-hydroxylation sites is 4. The van der Waals surface area contributed by atoms with Crippen LogP contribution in [-0.4, -0.2) is 0 Å². The van der Waals surface area contributed by atoms with E-state index in [1.54, 1.807) is 0 Å². The van der Waals surface area contributed by atoms with Gasteiger partial charge in [-0.15, -0.1) is 0 Å². The molecule has 0 aromatic heterocycles. The molecule has 2 nitrogen and oxygen atoms in total. The quantitative estimate of drug-likeness (QED) is 0.321. The first kappa shape index (κ1) is 14.6. The molecule has 0 N–H and O–H groups in total. The third-order valence-corrected chi connectivity index (χ3v) is 5.60. The lowest BCUT2D eigenvalue weighted by molar-refractivity contribution is 0.399. The van der Waals surface area contributed by atoms with Gasteiger partial charge in [0.15, 0.2) is 0 Å². The third kappa shape index (κ3) is 1.79. The van der Waals surface area contributed by atoms with Crippen LogP contribution in [0.15, 0.2) is 97.1 Å². The molecule has 1 spiro atoms. The van der Waals surface area contributed by atoms with Gasteiger partial charge in [-0.05, 0) is 24.3 Å². The van der Waals surface area contributed by atoms with Crippen LogP contribution in [0.5, 0.6) is 23.0 Å². The SMILES string of the molecule is c1ccc2c(c1)Oc1ccccc1C21c2ccccc2Oc2ccccc21. The molecule has 27 heavy (non-hydrogen) atoms. The summed E-state index contributed by atoms with van der Waals surface area (Å²) in [5.41, 5.74) is 4.12. The van der Waals surface area contributed by atoms with Crippen molar-refractivity contribution in [1.29, 1.82) is 0 Å². The summed E-state index contributed by atoms with van der Waals surface area (Å²) >= 11 is 0. The number of ether oxygens (including phenoxy) is 2. The molecule has 2 aliphatic rings. The van der Waals surface area contributed by atoms with Gasteiger partial charge in [0.25, 0.3) is 0 Å².